The number of aromatic hydroxyl groups is 1. The molecule has 5 nitrogen and oxygen atoms in total. The van der Waals surface area contributed by atoms with Gasteiger partial charge < -0.3 is 20.4 Å². The van der Waals surface area contributed by atoms with Crippen molar-refractivity contribution in [2.24, 2.45) is 0 Å². The summed E-state index contributed by atoms with van der Waals surface area (Å²) in [5.74, 6) is -1.27. The predicted octanol–water partition coefficient (Wildman–Crippen LogP) is 4.95. The number of rotatable bonds is 8. The average Bonchev–Trinajstić information content (AvgIpc) is 2.76. The third kappa shape index (κ3) is 5.95. The lowest BCUT2D eigenvalue weighted by atomic mass is 9.83. The molecule has 0 aliphatic carbocycles. The van der Waals surface area contributed by atoms with Gasteiger partial charge in [-0.25, -0.2) is 0 Å². The van der Waals surface area contributed by atoms with Crippen molar-refractivity contribution >= 4 is 35.0 Å². The van der Waals surface area contributed by atoms with Crippen LogP contribution in [0.25, 0.3) is 0 Å². The summed E-state index contributed by atoms with van der Waals surface area (Å²) in [5.41, 5.74) is -0.112. The third-order valence-corrected chi connectivity index (χ3v) is 7.35. The third-order valence-electron chi connectivity index (χ3n) is 5.69. The molecule has 10 heteroatoms. The van der Waals surface area contributed by atoms with E-state index in [1.54, 1.807) is 0 Å². The summed E-state index contributed by atoms with van der Waals surface area (Å²) in [7, 11) is 0. The molecule has 3 N–H and O–H groups in total. The van der Waals surface area contributed by atoms with Gasteiger partial charge in [-0.2, -0.15) is 13.2 Å². The number of phenols is 1. The second-order valence-corrected chi connectivity index (χ2v) is 9.47. The summed E-state index contributed by atoms with van der Waals surface area (Å²) in [6, 6.07) is 7.42. The Morgan fingerprint density at radius 3 is 2.48 bits per heavy atom. The Morgan fingerprint density at radius 2 is 1.85 bits per heavy atom. The molecule has 0 spiro atoms. The molecule has 1 amide bonds. The molecule has 2 unspecified atom stereocenters. The topological polar surface area (TPSA) is 72.8 Å². The highest BCUT2D eigenvalue weighted by Crippen LogP contribution is 2.47. The van der Waals surface area contributed by atoms with E-state index in [0.29, 0.717) is 6.54 Å². The molecular weight excluding hydrogens is 477 g/mol. The van der Waals surface area contributed by atoms with Crippen molar-refractivity contribution in [3.8, 4) is 5.75 Å². The first-order valence-electron chi connectivity index (χ1n) is 10.6. The van der Waals surface area contributed by atoms with Crippen molar-refractivity contribution in [1.82, 2.24) is 4.90 Å². The molecule has 1 aliphatic rings. The van der Waals surface area contributed by atoms with Crippen LogP contribution in [-0.4, -0.2) is 57.8 Å². The zero-order chi connectivity index (χ0) is 24.3. The molecule has 0 saturated carbocycles. The molecule has 1 aliphatic heterocycles. The van der Waals surface area contributed by atoms with Crippen LogP contribution >= 0.6 is 23.4 Å². The SMILES string of the molecule is CCN(CC)C[C@H](O)CSC1C(=O)Nc2ccc(C(F)(F)F)cc2C1c1cc(Cl)ccc1O. The minimum atomic E-state index is -4.57. The molecular formula is C23H26ClF3N2O3S. The summed E-state index contributed by atoms with van der Waals surface area (Å²) in [5, 5.41) is 23.1. The molecule has 0 fully saturated rings. The van der Waals surface area contributed by atoms with Crippen LogP contribution in [-0.2, 0) is 11.0 Å². The fourth-order valence-corrected chi connectivity index (χ4v) is 5.36. The van der Waals surface area contributed by atoms with E-state index in [9.17, 15) is 28.2 Å². The number of hydrogen-bond acceptors (Lipinski definition) is 5. The lowest BCUT2D eigenvalue weighted by molar-refractivity contribution is -0.137. The molecule has 1 heterocycles. The molecule has 3 rings (SSSR count). The van der Waals surface area contributed by atoms with Crippen LogP contribution in [0.15, 0.2) is 36.4 Å². The van der Waals surface area contributed by atoms with Gasteiger partial charge in [0.15, 0.2) is 0 Å². The largest absolute Gasteiger partial charge is 0.508 e. The fraction of sp³-hybridized carbons (Fsp3) is 0.435. The highest BCUT2D eigenvalue weighted by atomic mass is 35.5. The van der Waals surface area contributed by atoms with E-state index in [4.69, 9.17) is 11.6 Å². The Bertz CT molecular complexity index is 1000. The lowest BCUT2D eigenvalue weighted by Gasteiger charge is -2.34. The Hall–Kier alpha value is -1.94. The number of phenolic OH excluding ortho intramolecular Hbond substituents is 1. The number of carbonyl (C=O) groups excluding carboxylic acids is 1. The molecule has 2 aromatic carbocycles. The summed E-state index contributed by atoms with van der Waals surface area (Å²) in [6.07, 6.45) is -5.31. The molecule has 0 aromatic heterocycles. The van der Waals surface area contributed by atoms with Gasteiger partial charge in [0.25, 0.3) is 0 Å². The number of nitrogens with one attached hydrogen (secondary N) is 1. The standard InChI is InChI=1S/C23H26ClF3N2O3S/c1-3-29(4-2)11-15(30)12-33-21-20(17-10-14(24)6-8-19(17)31)16-9-13(23(25,26)27)5-7-18(16)28-22(21)32/h5-10,15,20-21,30-31H,3-4,11-12H2,1-2H3,(H,28,32)/t15-,20?,21?/m0/s1. The number of aliphatic hydroxyl groups excluding tert-OH is 1. The lowest BCUT2D eigenvalue weighted by Crippen LogP contribution is -2.39. The van der Waals surface area contributed by atoms with Gasteiger partial charge in [-0.3, -0.25) is 4.79 Å². The van der Waals surface area contributed by atoms with E-state index in [-0.39, 0.29) is 33.3 Å². The van der Waals surface area contributed by atoms with E-state index in [0.717, 1.165) is 37.0 Å². The van der Waals surface area contributed by atoms with Gasteiger partial charge in [-0.1, -0.05) is 25.4 Å². The molecule has 0 bridgehead atoms. The quantitative estimate of drug-likeness (QED) is 0.476. The van der Waals surface area contributed by atoms with Crippen LogP contribution in [0.2, 0.25) is 5.02 Å². The van der Waals surface area contributed by atoms with Crippen molar-refractivity contribution in [2.75, 3.05) is 30.7 Å². The number of nitrogens with zero attached hydrogens (tertiary/aromatic N) is 1. The summed E-state index contributed by atoms with van der Waals surface area (Å²) >= 11 is 7.27. The molecule has 180 valence electrons. The number of alkyl halides is 3. The van der Waals surface area contributed by atoms with E-state index in [2.05, 4.69) is 5.32 Å². The highest BCUT2D eigenvalue weighted by molar-refractivity contribution is 8.00. The van der Waals surface area contributed by atoms with Crippen molar-refractivity contribution in [3.05, 3.63) is 58.1 Å². The van der Waals surface area contributed by atoms with Crippen molar-refractivity contribution in [3.63, 3.8) is 0 Å². The number of hydrogen-bond donors (Lipinski definition) is 3. The normalized spacial score (nSPS) is 19.3. The van der Waals surface area contributed by atoms with Gasteiger partial charge in [0.2, 0.25) is 5.91 Å². The van der Waals surface area contributed by atoms with Gasteiger partial charge in [0, 0.05) is 34.5 Å². The van der Waals surface area contributed by atoms with E-state index >= 15 is 0 Å². The maximum Gasteiger partial charge on any atom is 0.416 e. The monoisotopic (exact) mass is 502 g/mol. The Labute approximate surface area is 199 Å². The zero-order valence-corrected chi connectivity index (χ0v) is 19.8. The molecule has 3 atom stereocenters. The first-order valence-corrected chi connectivity index (χ1v) is 12.0. The number of fused-ring (bicyclic) bond motifs is 1. The minimum absolute atomic E-state index is 0.170. The number of likely N-dealkylation sites (N-methyl/N-ethyl adjacent to an activating group) is 1. The number of thioether (sulfide) groups is 1. The first kappa shape index (κ1) is 25.7. The number of amides is 1. The second-order valence-electron chi connectivity index (χ2n) is 7.86. The zero-order valence-electron chi connectivity index (χ0n) is 18.2. The number of anilines is 1. The average molecular weight is 503 g/mol. The Morgan fingerprint density at radius 1 is 1.15 bits per heavy atom. The Balaban J connectivity index is 2.01. The van der Waals surface area contributed by atoms with Crippen LogP contribution < -0.4 is 5.32 Å². The van der Waals surface area contributed by atoms with Crippen LogP contribution in [0.1, 0.15) is 36.5 Å². The summed E-state index contributed by atoms with van der Waals surface area (Å²) in [4.78, 5) is 15.0. The number of aliphatic hydroxyl groups is 1. The first-order chi connectivity index (χ1) is 15.5. The van der Waals surface area contributed by atoms with Crippen molar-refractivity contribution < 1.29 is 28.2 Å². The molecule has 33 heavy (non-hydrogen) atoms. The molecule has 2 aromatic rings. The maximum atomic E-state index is 13.4. The van der Waals surface area contributed by atoms with Gasteiger partial charge >= 0.3 is 6.18 Å². The highest BCUT2D eigenvalue weighted by Gasteiger charge is 2.41. The number of benzene rings is 2. The van der Waals surface area contributed by atoms with Gasteiger partial charge in [-0.15, -0.1) is 11.8 Å². The van der Waals surface area contributed by atoms with Gasteiger partial charge in [0.05, 0.1) is 16.9 Å². The number of carbonyl (C=O) groups is 1. The maximum absolute atomic E-state index is 13.4. The Kier molecular flexibility index (Phi) is 8.21. The van der Waals surface area contributed by atoms with Gasteiger partial charge in [-0.05, 0) is 55.1 Å². The predicted molar refractivity (Wildman–Crippen MR) is 125 cm³/mol. The van der Waals surface area contributed by atoms with Crippen molar-refractivity contribution in [2.45, 2.75) is 37.3 Å². The summed E-state index contributed by atoms with van der Waals surface area (Å²) in [6.45, 7) is 5.88. The molecule has 0 radical (unpaired) electrons. The number of halogens is 4. The van der Waals surface area contributed by atoms with Crippen LogP contribution in [0.3, 0.4) is 0 Å². The van der Waals surface area contributed by atoms with E-state index < -0.39 is 34.9 Å². The van der Waals surface area contributed by atoms with Gasteiger partial charge in [0.1, 0.15) is 5.75 Å². The minimum Gasteiger partial charge on any atom is -0.508 e. The summed E-state index contributed by atoms with van der Waals surface area (Å²) < 4.78 is 40.3. The second kappa shape index (κ2) is 10.5. The van der Waals surface area contributed by atoms with Crippen LogP contribution in [0.5, 0.6) is 5.75 Å². The molecule has 0 saturated heterocycles. The van der Waals surface area contributed by atoms with Crippen LogP contribution in [0, 0.1) is 0 Å². The van der Waals surface area contributed by atoms with E-state index in [1.807, 2.05) is 18.7 Å². The van der Waals surface area contributed by atoms with E-state index in [1.165, 1.54) is 24.3 Å². The van der Waals surface area contributed by atoms with Crippen LogP contribution in [0.4, 0.5) is 18.9 Å². The van der Waals surface area contributed by atoms with Crippen molar-refractivity contribution in [1.29, 1.82) is 0 Å². The fourth-order valence-electron chi connectivity index (χ4n) is 3.95. The smallest absolute Gasteiger partial charge is 0.416 e.